The minimum atomic E-state index is -0.948. The first kappa shape index (κ1) is 9.76. The standard InChI is InChI=1S/C10H8F2N2O/c1-5-3-4-7(9(12)8(5)11)10-13-6(2)15-14-10/h3-4H,1-2H3. The molecule has 1 heterocycles. The van der Waals surface area contributed by atoms with Crippen molar-refractivity contribution in [1.29, 1.82) is 0 Å². The van der Waals surface area contributed by atoms with Crippen molar-refractivity contribution < 1.29 is 13.3 Å². The number of nitrogens with zero attached hydrogens (tertiary/aromatic N) is 2. The summed E-state index contributed by atoms with van der Waals surface area (Å²) in [5, 5.41) is 3.52. The average molecular weight is 210 g/mol. The highest BCUT2D eigenvalue weighted by Gasteiger charge is 2.16. The van der Waals surface area contributed by atoms with Crippen LogP contribution in [-0.2, 0) is 0 Å². The summed E-state index contributed by atoms with van der Waals surface area (Å²) < 4.78 is 31.4. The van der Waals surface area contributed by atoms with Crippen molar-refractivity contribution in [2.24, 2.45) is 0 Å². The Labute approximate surface area is 84.7 Å². The molecule has 0 saturated carbocycles. The van der Waals surface area contributed by atoms with Gasteiger partial charge in [-0.3, -0.25) is 0 Å². The van der Waals surface area contributed by atoms with Gasteiger partial charge in [0, 0.05) is 6.92 Å². The van der Waals surface area contributed by atoms with Crippen LogP contribution in [0.3, 0.4) is 0 Å². The zero-order chi connectivity index (χ0) is 11.0. The molecule has 78 valence electrons. The van der Waals surface area contributed by atoms with Gasteiger partial charge >= 0.3 is 0 Å². The Balaban J connectivity index is 2.59. The van der Waals surface area contributed by atoms with Crippen LogP contribution in [0.5, 0.6) is 0 Å². The second-order valence-electron chi connectivity index (χ2n) is 3.19. The average Bonchev–Trinajstić information content (AvgIpc) is 2.61. The molecule has 0 aliphatic carbocycles. The lowest BCUT2D eigenvalue weighted by molar-refractivity contribution is 0.394. The molecule has 5 heteroatoms. The first-order chi connectivity index (χ1) is 7.09. The Kier molecular flexibility index (Phi) is 2.22. The molecule has 2 rings (SSSR count). The molecule has 0 bridgehead atoms. The van der Waals surface area contributed by atoms with Crippen molar-refractivity contribution >= 4 is 0 Å². The zero-order valence-corrected chi connectivity index (χ0v) is 8.21. The molecule has 0 amide bonds. The second-order valence-corrected chi connectivity index (χ2v) is 3.19. The summed E-state index contributed by atoms with van der Waals surface area (Å²) in [5.41, 5.74) is 0.256. The second kappa shape index (κ2) is 3.42. The van der Waals surface area contributed by atoms with Gasteiger partial charge in [-0.1, -0.05) is 11.2 Å². The summed E-state index contributed by atoms with van der Waals surface area (Å²) in [6, 6.07) is 2.90. The number of hydrogen-bond acceptors (Lipinski definition) is 3. The van der Waals surface area contributed by atoms with Gasteiger partial charge in [-0.05, 0) is 18.6 Å². The SMILES string of the molecule is Cc1nc(-c2ccc(C)c(F)c2F)no1. The van der Waals surface area contributed by atoms with E-state index < -0.39 is 11.6 Å². The molecule has 0 saturated heterocycles. The lowest BCUT2D eigenvalue weighted by Gasteiger charge is -2.01. The van der Waals surface area contributed by atoms with Crippen LogP contribution in [-0.4, -0.2) is 10.1 Å². The van der Waals surface area contributed by atoms with E-state index in [1.165, 1.54) is 19.1 Å². The van der Waals surface area contributed by atoms with Crippen LogP contribution < -0.4 is 0 Å². The lowest BCUT2D eigenvalue weighted by atomic mass is 10.1. The summed E-state index contributed by atoms with van der Waals surface area (Å²) in [6.07, 6.45) is 0. The number of rotatable bonds is 1. The van der Waals surface area contributed by atoms with E-state index in [9.17, 15) is 8.78 Å². The fourth-order valence-electron chi connectivity index (χ4n) is 1.23. The third kappa shape index (κ3) is 1.60. The van der Waals surface area contributed by atoms with E-state index in [0.29, 0.717) is 5.89 Å². The Bertz CT molecular complexity index is 508. The van der Waals surface area contributed by atoms with E-state index in [1.807, 2.05) is 0 Å². The first-order valence-electron chi connectivity index (χ1n) is 4.35. The molecule has 0 aliphatic rings. The lowest BCUT2D eigenvalue weighted by Crippen LogP contribution is -1.94. The van der Waals surface area contributed by atoms with Gasteiger partial charge in [0.1, 0.15) is 0 Å². The third-order valence-electron chi connectivity index (χ3n) is 2.04. The topological polar surface area (TPSA) is 38.9 Å². The fraction of sp³-hybridized carbons (Fsp3) is 0.200. The highest BCUT2D eigenvalue weighted by Crippen LogP contribution is 2.23. The minimum Gasteiger partial charge on any atom is -0.339 e. The molecule has 1 aromatic carbocycles. The van der Waals surface area contributed by atoms with Gasteiger partial charge in [0.2, 0.25) is 11.7 Å². The molecule has 0 spiro atoms. The maximum absolute atomic E-state index is 13.5. The summed E-state index contributed by atoms with van der Waals surface area (Å²) in [5.74, 6) is -1.46. The van der Waals surface area contributed by atoms with E-state index in [1.54, 1.807) is 6.92 Å². The Hall–Kier alpha value is -1.78. The number of aryl methyl sites for hydroxylation is 2. The van der Waals surface area contributed by atoms with E-state index in [4.69, 9.17) is 4.52 Å². The van der Waals surface area contributed by atoms with Crippen molar-refractivity contribution in [2.75, 3.05) is 0 Å². The van der Waals surface area contributed by atoms with Gasteiger partial charge in [0.15, 0.2) is 11.6 Å². The van der Waals surface area contributed by atoms with Crippen LogP contribution in [0.1, 0.15) is 11.5 Å². The third-order valence-corrected chi connectivity index (χ3v) is 2.04. The molecule has 0 N–H and O–H groups in total. The van der Waals surface area contributed by atoms with Crippen molar-refractivity contribution in [1.82, 2.24) is 10.1 Å². The summed E-state index contributed by atoms with van der Waals surface area (Å²) in [6.45, 7) is 3.07. The fourth-order valence-corrected chi connectivity index (χ4v) is 1.23. The predicted octanol–water partition coefficient (Wildman–Crippen LogP) is 2.63. The maximum Gasteiger partial charge on any atom is 0.223 e. The highest BCUT2D eigenvalue weighted by molar-refractivity contribution is 5.56. The maximum atomic E-state index is 13.5. The smallest absolute Gasteiger partial charge is 0.223 e. The summed E-state index contributed by atoms with van der Waals surface area (Å²) in [4.78, 5) is 3.83. The van der Waals surface area contributed by atoms with Crippen molar-refractivity contribution in [3.05, 3.63) is 35.2 Å². The van der Waals surface area contributed by atoms with E-state index in [0.717, 1.165) is 0 Å². The van der Waals surface area contributed by atoms with E-state index in [-0.39, 0.29) is 17.0 Å². The zero-order valence-electron chi connectivity index (χ0n) is 8.21. The van der Waals surface area contributed by atoms with Crippen LogP contribution in [0, 0.1) is 25.5 Å². The summed E-state index contributed by atoms with van der Waals surface area (Å²) in [7, 11) is 0. The quantitative estimate of drug-likeness (QED) is 0.726. The van der Waals surface area contributed by atoms with Gasteiger partial charge in [-0.2, -0.15) is 4.98 Å². The van der Waals surface area contributed by atoms with Crippen molar-refractivity contribution in [3.8, 4) is 11.4 Å². The van der Waals surface area contributed by atoms with Gasteiger partial charge < -0.3 is 4.52 Å². The minimum absolute atomic E-state index is 0.00921. The molecule has 0 fully saturated rings. The van der Waals surface area contributed by atoms with Crippen molar-refractivity contribution in [3.63, 3.8) is 0 Å². The molecule has 3 nitrogen and oxygen atoms in total. The predicted molar refractivity (Wildman–Crippen MR) is 49.1 cm³/mol. The monoisotopic (exact) mass is 210 g/mol. The van der Waals surface area contributed by atoms with Gasteiger partial charge in [-0.25, -0.2) is 8.78 Å². The largest absolute Gasteiger partial charge is 0.339 e. The van der Waals surface area contributed by atoms with Crippen LogP contribution >= 0.6 is 0 Å². The van der Waals surface area contributed by atoms with E-state index >= 15 is 0 Å². The number of aromatic nitrogens is 2. The molecule has 0 atom stereocenters. The van der Waals surface area contributed by atoms with Crippen LogP contribution in [0.15, 0.2) is 16.7 Å². The Morgan fingerprint density at radius 1 is 1.13 bits per heavy atom. The van der Waals surface area contributed by atoms with E-state index in [2.05, 4.69) is 10.1 Å². The van der Waals surface area contributed by atoms with Crippen LogP contribution in [0.4, 0.5) is 8.78 Å². The normalized spacial score (nSPS) is 10.7. The first-order valence-corrected chi connectivity index (χ1v) is 4.35. The Morgan fingerprint density at radius 3 is 2.47 bits per heavy atom. The Morgan fingerprint density at radius 2 is 1.87 bits per heavy atom. The molecule has 0 aliphatic heterocycles. The number of benzene rings is 1. The molecule has 0 unspecified atom stereocenters. The van der Waals surface area contributed by atoms with Crippen LogP contribution in [0.2, 0.25) is 0 Å². The van der Waals surface area contributed by atoms with Gasteiger partial charge in [0.25, 0.3) is 0 Å². The number of hydrogen-bond donors (Lipinski definition) is 0. The molecular weight excluding hydrogens is 202 g/mol. The van der Waals surface area contributed by atoms with Gasteiger partial charge in [0.05, 0.1) is 5.56 Å². The highest BCUT2D eigenvalue weighted by atomic mass is 19.2. The number of halogens is 2. The molecular formula is C10H8F2N2O. The molecule has 1 aromatic heterocycles. The van der Waals surface area contributed by atoms with Crippen molar-refractivity contribution in [2.45, 2.75) is 13.8 Å². The summed E-state index contributed by atoms with van der Waals surface area (Å²) >= 11 is 0. The molecule has 2 aromatic rings. The van der Waals surface area contributed by atoms with Gasteiger partial charge in [-0.15, -0.1) is 0 Å². The molecule has 15 heavy (non-hydrogen) atoms. The molecule has 0 radical (unpaired) electrons. The van der Waals surface area contributed by atoms with Crippen LogP contribution in [0.25, 0.3) is 11.4 Å².